The summed E-state index contributed by atoms with van der Waals surface area (Å²) in [4.78, 5) is 15.2. The Balaban J connectivity index is 2.03. The first-order valence-electron chi connectivity index (χ1n) is 7.26. The van der Waals surface area contributed by atoms with E-state index in [1.165, 1.54) is 0 Å². The molecule has 0 bridgehead atoms. The van der Waals surface area contributed by atoms with Gasteiger partial charge in [0.05, 0.1) is 5.69 Å². The lowest BCUT2D eigenvalue weighted by molar-refractivity contribution is 0.431. The summed E-state index contributed by atoms with van der Waals surface area (Å²) in [6.45, 7) is 3.04. The van der Waals surface area contributed by atoms with Crippen molar-refractivity contribution >= 4 is 17.8 Å². The van der Waals surface area contributed by atoms with Crippen molar-refractivity contribution in [1.29, 1.82) is 0 Å². The molecule has 1 aromatic rings. The number of aromatic nitrogens is 2. The second kappa shape index (κ2) is 7.71. The van der Waals surface area contributed by atoms with Crippen molar-refractivity contribution in [3.05, 3.63) is 27.9 Å². The van der Waals surface area contributed by atoms with Crippen LogP contribution in [0.3, 0.4) is 0 Å². The van der Waals surface area contributed by atoms with Crippen molar-refractivity contribution in [3.63, 3.8) is 0 Å². The predicted octanol–water partition coefficient (Wildman–Crippen LogP) is 1.67. The molecule has 0 radical (unpaired) electrons. The van der Waals surface area contributed by atoms with E-state index in [9.17, 15) is 4.79 Å². The van der Waals surface area contributed by atoms with Crippen LogP contribution in [0, 0.1) is 0 Å². The van der Waals surface area contributed by atoms with Gasteiger partial charge in [0.15, 0.2) is 0 Å². The average Bonchev–Trinajstić information content (AvgIpc) is 2.79. The van der Waals surface area contributed by atoms with Gasteiger partial charge >= 0.3 is 5.69 Å². The Labute approximate surface area is 124 Å². The molecule has 0 saturated heterocycles. The number of hydrogen-bond donors (Lipinski definition) is 3. The molecule has 20 heavy (non-hydrogen) atoms. The number of H-pyrrole nitrogens is 1. The lowest BCUT2D eigenvalue weighted by Crippen LogP contribution is -2.26. The Kier molecular flexibility index (Phi) is 5.94. The van der Waals surface area contributed by atoms with Crippen molar-refractivity contribution in [2.24, 2.45) is 5.73 Å². The van der Waals surface area contributed by atoms with Crippen LogP contribution < -0.4 is 16.7 Å². The molecule has 0 spiro atoms. The van der Waals surface area contributed by atoms with Crippen molar-refractivity contribution in [3.8, 4) is 0 Å². The summed E-state index contributed by atoms with van der Waals surface area (Å²) in [5.41, 5.74) is 7.63. The fourth-order valence-electron chi connectivity index (χ4n) is 2.65. The second-order valence-electron chi connectivity index (χ2n) is 4.97. The molecule has 5 nitrogen and oxygen atoms in total. The van der Waals surface area contributed by atoms with Crippen LogP contribution in [0.15, 0.2) is 10.9 Å². The van der Waals surface area contributed by atoms with Gasteiger partial charge in [-0.3, -0.25) is 4.57 Å². The van der Waals surface area contributed by atoms with Gasteiger partial charge in [0.1, 0.15) is 0 Å². The molecule has 4 N–H and O–H groups in total. The van der Waals surface area contributed by atoms with Crippen LogP contribution >= 0.6 is 11.8 Å². The highest BCUT2D eigenvalue weighted by atomic mass is 32.2. The lowest BCUT2D eigenvalue weighted by atomic mass is 10.1. The van der Waals surface area contributed by atoms with Gasteiger partial charge < -0.3 is 16.0 Å². The van der Waals surface area contributed by atoms with Crippen LogP contribution in [0.1, 0.15) is 43.6 Å². The Hall–Kier alpha value is -0.980. The van der Waals surface area contributed by atoms with E-state index in [0.717, 1.165) is 49.5 Å². The minimum Gasteiger partial charge on any atom is -0.322 e. The van der Waals surface area contributed by atoms with Gasteiger partial charge in [-0.1, -0.05) is 13.0 Å². The number of aromatic amines is 1. The number of aryl methyl sites for hydroxylation is 1. The molecule has 0 amide bonds. The SMILES string of the molecule is CCC(CCNCSCN)n1c2c([nH]c1=O)CCC=C2. The third kappa shape index (κ3) is 3.56. The third-order valence-electron chi connectivity index (χ3n) is 3.69. The molecular formula is C14H24N4OS. The number of nitrogens with one attached hydrogen (secondary N) is 2. The number of thioether (sulfide) groups is 1. The van der Waals surface area contributed by atoms with E-state index in [4.69, 9.17) is 5.73 Å². The summed E-state index contributed by atoms with van der Waals surface area (Å²) in [5, 5.41) is 3.35. The number of hydrogen-bond acceptors (Lipinski definition) is 4. The zero-order chi connectivity index (χ0) is 14.4. The second-order valence-corrected chi connectivity index (χ2v) is 6.00. The summed E-state index contributed by atoms with van der Waals surface area (Å²) >= 11 is 1.67. The van der Waals surface area contributed by atoms with Crippen molar-refractivity contribution in [2.45, 2.75) is 38.6 Å². The van der Waals surface area contributed by atoms with Crippen LogP contribution in [0.2, 0.25) is 0 Å². The van der Waals surface area contributed by atoms with Crippen LogP contribution in [0.5, 0.6) is 0 Å². The quantitative estimate of drug-likeness (QED) is 0.504. The van der Waals surface area contributed by atoms with Crippen LogP contribution in [0.4, 0.5) is 0 Å². The van der Waals surface area contributed by atoms with Gasteiger partial charge in [0, 0.05) is 23.5 Å². The summed E-state index contributed by atoms with van der Waals surface area (Å²) < 4.78 is 1.93. The van der Waals surface area contributed by atoms with E-state index in [-0.39, 0.29) is 11.7 Å². The molecule has 1 heterocycles. The van der Waals surface area contributed by atoms with Gasteiger partial charge in [-0.25, -0.2) is 4.79 Å². The highest BCUT2D eigenvalue weighted by molar-refractivity contribution is 7.99. The fraction of sp³-hybridized carbons (Fsp3) is 0.643. The van der Waals surface area contributed by atoms with Gasteiger partial charge in [0.25, 0.3) is 0 Å². The molecule has 2 rings (SSSR count). The van der Waals surface area contributed by atoms with E-state index in [1.807, 2.05) is 4.57 Å². The fourth-order valence-corrected chi connectivity index (χ4v) is 3.06. The lowest BCUT2D eigenvalue weighted by Gasteiger charge is -2.19. The maximum Gasteiger partial charge on any atom is 0.326 e. The standard InChI is InChI=1S/C14H24N4OS/c1-2-11(7-8-16-10-20-9-15)18-13-6-4-3-5-12(13)17-14(18)19/h4,6,11,16H,2-3,5,7-10,15H2,1H3,(H,17,19). The molecule has 1 aliphatic rings. The minimum absolute atomic E-state index is 0.0322. The number of fused-ring (bicyclic) bond motifs is 1. The smallest absolute Gasteiger partial charge is 0.322 e. The van der Waals surface area contributed by atoms with Crippen LogP contribution in [0.25, 0.3) is 6.08 Å². The average molecular weight is 296 g/mol. The van der Waals surface area contributed by atoms with Gasteiger partial charge in [-0.05, 0) is 38.3 Å². The highest BCUT2D eigenvalue weighted by Crippen LogP contribution is 2.22. The van der Waals surface area contributed by atoms with E-state index in [2.05, 4.69) is 29.4 Å². The third-order valence-corrected chi connectivity index (χ3v) is 4.34. The molecule has 112 valence electrons. The van der Waals surface area contributed by atoms with Crippen molar-refractivity contribution < 1.29 is 0 Å². The molecule has 0 aromatic carbocycles. The largest absolute Gasteiger partial charge is 0.326 e. The monoisotopic (exact) mass is 296 g/mol. The zero-order valence-electron chi connectivity index (χ0n) is 12.0. The van der Waals surface area contributed by atoms with Crippen molar-refractivity contribution in [2.75, 3.05) is 18.3 Å². The summed E-state index contributed by atoms with van der Waals surface area (Å²) in [6, 6.07) is 0.251. The van der Waals surface area contributed by atoms with Gasteiger partial charge in [0.2, 0.25) is 0 Å². The first kappa shape index (κ1) is 15.4. The number of nitrogens with two attached hydrogens (primary N) is 1. The molecule has 0 fully saturated rings. The number of imidazole rings is 1. The molecule has 0 saturated carbocycles. The molecule has 1 aromatic heterocycles. The van der Waals surface area contributed by atoms with Crippen LogP contribution in [-0.4, -0.2) is 27.8 Å². The summed E-state index contributed by atoms with van der Waals surface area (Å²) in [5.74, 6) is 1.51. The summed E-state index contributed by atoms with van der Waals surface area (Å²) in [6.07, 6.45) is 8.10. The highest BCUT2D eigenvalue weighted by Gasteiger charge is 2.19. The maximum absolute atomic E-state index is 12.2. The van der Waals surface area contributed by atoms with E-state index >= 15 is 0 Å². The van der Waals surface area contributed by atoms with E-state index in [0.29, 0.717) is 5.88 Å². The predicted molar refractivity (Wildman–Crippen MR) is 85.9 cm³/mol. The Morgan fingerprint density at radius 3 is 3.20 bits per heavy atom. The van der Waals surface area contributed by atoms with E-state index < -0.39 is 0 Å². The Bertz CT molecular complexity index is 506. The van der Waals surface area contributed by atoms with Crippen molar-refractivity contribution in [1.82, 2.24) is 14.9 Å². The maximum atomic E-state index is 12.2. The Morgan fingerprint density at radius 2 is 2.45 bits per heavy atom. The first-order chi connectivity index (χ1) is 9.77. The molecule has 1 aliphatic carbocycles. The Morgan fingerprint density at radius 1 is 1.60 bits per heavy atom. The zero-order valence-corrected chi connectivity index (χ0v) is 12.8. The molecule has 1 atom stereocenters. The molecule has 1 unspecified atom stereocenters. The molecule has 6 heteroatoms. The first-order valence-corrected chi connectivity index (χ1v) is 8.41. The summed E-state index contributed by atoms with van der Waals surface area (Å²) in [7, 11) is 0. The molecule has 0 aliphatic heterocycles. The van der Waals surface area contributed by atoms with Crippen LogP contribution in [-0.2, 0) is 6.42 Å². The normalized spacial score (nSPS) is 15.3. The minimum atomic E-state index is 0.0322. The van der Waals surface area contributed by atoms with Gasteiger partial charge in [-0.2, -0.15) is 0 Å². The number of nitrogens with zero attached hydrogens (tertiary/aromatic N) is 1. The van der Waals surface area contributed by atoms with Gasteiger partial charge in [-0.15, -0.1) is 11.8 Å². The number of allylic oxidation sites excluding steroid dienone is 1. The number of rotatable bonds is 8. The van der Waals surface area contributed by atoms with E-state index in [1.54, 1.807) is 11.8 Å². The topological polar surface area (TPSA) is 75.8 Å². The molecular weight excluding hydrogens is 272 g/mol.